The van der Waals surface area contributed by atoms with E-state index in [-0.39, 0.29) is 0 Å². The van der Waals surface area contributed by atoms with Crippen molar-refractivity contribution in [3.05, 3.63) is 41.4 Å². The van der Waals surface area contributed by atoms with Gasteiger partial charge in [-0.25, -0.2) is 4.99 Å². The molecule has 0 saturated heterocycles. The lowest BCUT2D eigenvalue weighted by Crippen LogP contribution is -2.11. The molecule has 0 atom stereocenters. The number of ether oxygens (including phenoxy) is 1. The lowest BCUT2D eigenvalue weighted by Gasteiger charge is -2.05. The fraction of sp³-hybridized carbons (Fsp3) is 0.524. The molecule has 1 N–H and O–H groups in total. The van der Waals surface area contributed by atoms with Crippen LogP contribution in [0.4, 0.5) is 0 Å². The summed E-state index contributed by atoms with van der Waals surface area (Å²) in [7, 11) is 1.62. The molecular formula is C21H33ClN2O2. The fourth-order valence-corrected chi connectivity index (χ4v) is 1.83. The highest BCUT2D eigenvalue weighted by atomic mass is 35.5. The maximum Gasteiger partial charge on any atom is 0.207 e. The first kappa shape index (κ1) is 24.2. The molecule has 1 amide bonds. The van der Waals surface area contributed by atoms with E-state index in [1.54, 1.807) is 7.11 Å². The summed E-state index contributed by atoms with van der Waals surface area (Å²) < 4.78 is 5.17. The summed E-state index contributed by atoms with van der Waals surface area (Å²) in [6.45, 7) is 8.90. The van der Waals surface area contributed by atoms with Crippen LogP contribution in [0.25, 0.3) is 5.70 Å². The van der Waals surface area contributed by atoms with Gasteiger partial charge in [-0.3, -0.25) is 4.79 Å². The molecule has 4 nitrogen and oxygen atoms in total. The smallest absolute Gasteiger partial charge is 0.207 e. The van der Waals surface area contributed by atoms with Crippen LogP contribution in [0.15, 0.2) is 35.8 Å². The number of nitrogens with one attached hydrogen (secondary N) is 1. The van der Waals surface area contributed by atoms with Gasteiger partial charge in [-0.2, -0.15) is 0 Å². The Morgan fingerprint density at radius 2 is 2.00 bits per heavy atom. The number of halogens is 1. The molecule has 0 unspecified atom stereocenters. The number of hydrogen-bond acceptors (Lipinski definition) is 3. The van der Waals surface area contributed by atoms with Crippen LogP contribution in [0, 0.1) is 0 Å². The van der Waals surface area contributed by atoms with Crippen LogP contribution in [0.1, 0.15) is 64.4 Å². The van der Waals surface area contributed by atoms with Crippen LogP contribution in [0.3, 0.4) is 0 Å². The summed E-state index contributed by atoms with van der Waals surface area (Å²) in [5, 5.41) is 3.25. The molecule has 0 aliphatic heterocycles. The minimum absolute atomic E-state index is 0.674. The Hall–Kier alpha value is -1.81. The van der Waals surface area contributed by atoms with Gasteiger partial charge in [-0.1, -0.05) is 69.8 Å². The first-order valence-electron chi connectivity index (χ1n) is 9.32. The number of amides is 1. The normalized spacial score (nSPS) is 11.9. The molecular weight excluding hydrogens is 348 g/mol. The van der Waals surface area contributed by atoms with Crippen molar-refractivity contribution in [3.63, 3.8) is 0 Å². The topological polar surface area (TPSA) is 50.7 Å². The van der Waals surface area contributed by atoms with Crippen molar-refractivity contribution in [1.29, 1.82) is 0 Å². The molecule has 1 fully saturated rings. The number of unbranched alkanes of at least 4 members (excludes halogenated alkanes) is 1. The second kappa shape index (κ2) is 16.6. The summed E-state index contributed by atoms with van der Waals surface area (Å²) in [6.07, 6.45) is 9.26. The Kier molecular flexibility index (Phi) is 15.5. The zero-order chi connectivity index (χ0) is 19.6. The fourth-order valence-electron chi connectivity index (χ4n) is 1.64. The zero-order valence-corrected chi connectivity index (χ0v) is 17.1. The van der Waals surface area contributed by atoms with E-state index >= 15 is 0 Å². The maximum atomic E-state index is 9.57. The van der Waals surface area contributed by atoms with Gasteiger partial charge >= 0.3 is 0 Å². The molecule has 5 heteroatoms. The number of carbonyl (C=O) groups excluding carboxylic acids is 1. The Bertz CT molecular complexity index is 540. The summed E-state index contributed by atoms with van der Waals surface area (Å²) in [4.78, 5) is 13.9. The van der Waals surface area contributed by atoms with E-state index in [2.05, 4.69) is 30.7 Å². The molecule has 0 heterocycles. The zero-order valence-electron chi connectivity index (χ0n) is 16.4. The Labute approximate surface area is 163 Å². The molecule has 1 aromatic carbocycles. The molecule has 1 aliphatic carbocycles. The van der Waals surface area contributed by atoms with Crippen molar-refractivity contribution in [1.82, 2.24) is 5.32 Å². The van der Waals surface area contributed by atoms with Crippen LogP contribution < -0.4 is 5.32 Å². The molecule has 0 bridgehead atoms. The third-order valence-corrected chi connectivity index (χ3v) is 3.46. The van der Waals surface area contributed by atoms with E-state index in [0.29, 0.717) is 16.6 Å². The first-order chi connectivity index (χ1) is 12.6. The van der Waals surface area contributed by atoms with E-state index in [1.807, 2.05) is 24.3 Å². The highest BCUT2D eigenvalue weighted by Gasteiger charge is 2.01. The maximum absolute atomic E-state index is 9.57. The second-order valence-electron chi connectivity index (χ2n) is 5.90. The summed E-state index contributed by atoms with van der Waals surface area (Å²) >= 11 is 5.90. The molecule has 0 spiro atoms. The van der Waals surface area contributed by atoms with Gasteiger partial charge in [-0.05, 0) is 25.0 Å². The SMILES string of the molecule is C1CC1.C=C(N=C(CCC)OC)c1cccc(Cl)c1.CCCCNC=O. The molecule has 26 heavy (non-hydrogen) atoms. The van der Waals surface area contributed by atoms with Crippen molar-refractivity contribution in [2.75, 3.05) is 13.7 Å². The number of hydrogen-bond donors (Lipinski definition) is 1. The van der Waals surface area contributed by atoms with Gasteiger partial charge in [0, 0.05) is 23.6 Å². The summed E-state index contributed by atoms with van der Waals surface area (Å²) in [6, 6.07) is 7.47. The minimum Gasteiger partial charge on any atom is -0.484 e. The number of benzene rings is 1. The molecule has 2 rings (SSSR count). The molecule has 1 aliphatic rings. The van der Waals surface area contributed by atoms with Crippen LogP contribution in [-0.2, 0) is 9.53 Å². The highest BCUT2D eigenvalue weighted by Crippen LogP contribution is 2.19. The van der Waals surface area contributed by atoms with Crippen LogP contribution in [-0.4, -0.2) is 26.0 Å². The quantitative estimate of drug-likeness (QED) is 0.266. The highest BCUT2D eigenvalue weighted by molar-refractivity contribution is 6.30. The van der Waals surface area contributed by atoms with Gasteiger partial charge in [-0.15, -0.1) is 0 Å². The predicted octanol–water partition coefficient (Wildman–Crippen LogP) is 5.86. The minimum atomic E-state index is 0.674. The first-order valence-corrected chi connectivity index (χ1v) is 9.70. The number of methoxy groups -OCH3 is 1. The Balaban J connectivity index is 0.000000512. The standard InChI is InChI=1S/C13H16ClNO.C5H11NO.C3H6/c1-4-6-13(16-3)15-10(2)11-7-5-8-12(14)9-11;1-2-3-4-6-5-7;1-2-3-1/h5,7-9H,2,4,6H2,1,3H3;5H,2-4H2,1H3,(H,6,7);1-3H2. The molecule has 1 saturated carbocycles. The van der Waals surface area contributed by atoms with Crippen molar-refractivity contribution < 1.29 is 9.53 Å². The Morgan fingerprint density at radius 1 is 1.31 bits per heavy atom. The largest absolute Gasteiger partial charge is 0.484 e. The molecule has 0 aromatic heterocycles. The van der Waals surface area contributed by atoms with Gasteiger partial charge < -0.3 is 10.1 Å². The van der Waals surface area contributed by atoms with Gasteiger partial charge in [0.1, 0.15) is 0 Å². The molecule has 1 aromatic rings. The van der Waals surface area contributed by atoms with E-state index in [1.165, 1.54) is 19.3 Å². The average molecular weight is 381 g/mol. The third-order valence-electron chi connectivity index (χ3n) is 3.23. The number of carbonyl (C=O) groups is 1. The lowest BCUT2D eigenvalue weighted by molar-refractivity contribution is -0.109. The Morgan fingerprint density at radius 3 is 2.46 bits per heavy atom. The number of aliphatic imine (C=N–C) groups is 1. The number of rotatable bonds is 8. The summed E-state index contributed by atoms with van der Waals surface area (Å²) in [5.74, 6) is 0.701. The van der Waals surface area contributed by atoms with Crippen LogP contribution in [0.2, 0.25) is 5.02 Å². The van der Waals surface area contributed by atoms with E-state index in [0.717, 1.165) is 44.2 Å². The number of nitrogens with zero attached hydrogens (tertiary/aromatic N) is 1. The summed E-state index contributed by atoms with van der Waals surface area (Å²) in [5.41, 5.74) is 1.59. The predicted molar refractivity (Wildman–Crippen MR) is 113 cm³/mol. The van der Waals surface area contributed by atoms with Gasteiger partial charge in [0.05, 0.1) is 12.8 Å². The van der Waals surface area contributed by atoms with Crippen molar-refractivity contribution in [3.8, 4) is 0 Å². The van der Waals surface area contributed by atoms with Crippen LogP contribution in [0.5, 0.6) is 0 Å². The monoisotopic (exact) mass is 380 g/mol. The average Bonchev–Trinajstić information content (AvgIpc) is 3.51. The van der Waals surface area contributed by atoms with E-state index in [4.69, 9.17) is 16.3 Å². The van der Waals surface area contributed by atoms with E-state index < -0.39 is 0 Å². The van der Waals surface area contributed by atoms with Gasteiger partial charge in [0.15, 0.2) is 5.90 Å². The van der Waals surface area contributed by atoms with Crippen molar-refractivity contribution in [2.45, 2.75) is 58.8 Å². The van der Waals surface area contributed by atoms with Gasteiger partial charge in [0.25, 0.3) is 0 Å². The third kappa shape index (κ3) is 14.5. The van der Waals surface area contributed by atoms with Crippen LogP contribution >= 0.6 is 11.6 Å². The lowest BCUT2D eigenvalue weighted by atomic mass is 10.2. The van der Waals surface area contributed by atoms with Crippen molar-refractivity contribution >= 4 is 29.6 Å². The van der Waals surface area contributed by atoms with Crippen molar-refractivity contribution in [2.24, 2.45) is 4.99 Å². The van der Waals surface area contributed by atoms with Gasteiger partial charge in [0.2, 0.25) is 6.41 Å². The molecule has 146 valence electrons. The van der Waals surface area contributed by atoms with E-state index in [9.17, 15) is 4.79 Å². The second-order valence-corrected chi connectivity index (χ2v) is 6.34. The molecule has 0 radical (unpaired) electrons.